The number of benzene rings is 2. The number of carbonyl (C=O) groups excluding carboxylic acids is 2. The van der Waals surface area contributed by atoms with Gasteiger partial charge in [-0.15, -0.1) is 0 Å². The number of aryl methyl sites for hydroxylation is 1. The van der Waals surface area contributed by atoms with Crippen LogP contribution in [-0.4, -0.2) is 21.3 Å². The maximum Gasteiger partial charge on any atom is 0.307 e. The molecule has 0 amide bonds. The SMILES string of the molecule is Cc1csc(=O)n1CCCC(=O)O[C@H](C(=O)c1c[nH]c2ccccc12)c1ccccc1. The molecule has 0 bridgehead atoms. The minimum Gasteiger partial charge on any atom is -0.449 e. The van der Waals surface area contributed by atoms with Crippen molar-refractivity contribution in [3.05, 3.63) is 92.7 Å². The molecule has 1 N–H and O–H groups in total. The normalized spacial score (nSPS) is 12.0. The van der Waals surface area contributed by atoms with E-state index in [9.17, 15) is 14.4 Å². The Morgan fingerprint density at radius 1 is 1.10 bits per heavy atom. The van der Waals surface area contributed by atoms with Gasteiger partial charge in [0.2, 0.25) is 5.78 Å². The van der Waals surface area contributed by atoms with Crippen LogP contribution in [0.3, 0.4) is 0 Å². The van der Waals surface area contributed by atoms with Crippen molar-refractivity contribution in [2.24, 2.45) is 0 Å². The van der Waals surface area contributed by atoms with Gasteiger partial charge in [-0.05, 0) is 19.4 Å². The number of aromatic amines is 1. The standard InChI is InChI=1S/C24H22N2O4S/c1-16-15-31-24(29)26(16)13-7-12-21(27)30-23(17-8-3-2-4-9-17)22(28)19-14-25-20-11-6-5-10-18(19)20/h2-6,8-11,14-15,23,25H,7,12-13H2,1H3/t23-/m0/s1. The fourth-order valence-corrected chi connectivity index (χ4v) is 4.32. The zero-order valence-corrected chi connectivity index (χ0v) is 17.9. The third kappa shape index (κ3) is 4.51. The van der Waals surface area contributed by atoms with Crippen LogP contribution in [0.1, 0.15) is 40.6 Å². The van der Waals surface area contributed by atoms with Crippen molar-refractivity contribution in [2.45, 2.75) is 32.4 Å². The van der Waals surface area contributed by atoms with E-state index in [0.29, 0.717) is 24.1 Å². The van der Waals surface area contributed by atoms with Crippen LogP contribution >= 0.6 is 11.3 Å². The van der Waals surface area contributed by atoms with Crippen LogP contribution in [0.2, 0.25) is 0 Å². The summed E-state index contributed by atoms with van der Waals surface area (Å²) in [6.07, 6.45) is 1.20. The monoisotopic (exact) mass is 434 g/mol. The Kier molecular flexibility index (Phi) is 6.13. The van der Waals surface area contributed by atoms with E-state index in [1.54, 1.807) is 28.3 Å². The number of nitrogens with zero attached hydrogens (tertiary/aromatic N) is 1. The molecule has 0 fully saturated rings. The number of aromatic nitrogens is 2. The zero-order valence-electron chi connectivity index (χ0n) is 17.0. The van der Waals surface area contributed by atoms with Crippen molar-refractivity contribution < 1.29 is 14.3 Å². The van der Waals surface area contributed by atoms with E-state index in [2.05, 4.69) is 4.98 Å². The van der Waals surface area contributed by atoms with E-state index in [0.717, 1.165) is 27.9 Å². The number of carbonyl (C=O) groups is 2. The molecule has 4 aromatic rings. The molecular formula is C24H22N2O4S. The third-order valence-corrected chi connectivity index (χ3v) is 6.06. The largest absolute Gasteiger partial charge is 0.449 e. The topological polar surface area (TPSA) is 81.2 Å². The fraction of sp³-hybridized carbons (Fsp3) is 0.208. The first-order chi connectivity index (χ1) is 15.0. The number of H-pyrrole nitrogens is 1. The quantitative estimate of drug-likeness (QED) is 0.323. The highest BCUT2D eigenvalue weighted by Gasteiger charge is 2.28. The van der Waals surface area contributed by atoms with Gasteiger partial charge >= 0.3 is 10.8 Å². The minimum absolute atomic E-state index is 0.0393. The van der Waals surface area contributed by atoms with Crippen molar-refractivity contribution in [3.8, 4) is 0 Å². The van der Waals surface area contributed by atoms with Crippen molar-refractivity contribution in [3.63, 3.8) is 0 Å². The summed E-state index contributed by atoms with van der Waals surface area (Å²) in [5.41, 5.74) is 2.83. The summed E-state index contributed by atoms with van der Waals surface area (Å²) in [6.45, 7) is 2.30. The van der Waals surface area contributed by atoms with E-state index in [4.69, 9.17) is 4.74 Å². The first kappa shape index (κ1) is 20.8. The lowest BCUT2D eigenvalue weighted by molar-refractivity contribution is -0.147. The highest BCUT2D eigenvalue weighted by atomic mass is 32.1. The minimum atomic E-state index is -1.03. The van der Waals surface area contributed by atoms with E-state index in [1.807, 2.05) is 49.4 Å². The summed E-state index contributed by atoms with van der Waals surface area (Å²) >= 11 is 1.14. The van der Waals surface area contributed by atoms with Gasteiger partial charge < -0.3 is 14.3 Å². The van der Waals surface area contributed by atoms with Crippen LogP contribution in [0.5, 0.6) is 0 Å². The molecule has 0 aliphatic rings. The van der Waals surface area contributed by atoms with Crippen molar-refractivity contribution in [1.82, 2.24) is 9.55 Å². The molecule has 7 heteroatoms. The lowest BCUT2D eigenvalue weighted by atomic mass is 9.99. The molecule has 158 valence electrons. The Bertz CT molecular complexity index is 1270. The summed E-state index contributed by atoms with van der Waals surface area (Å²) in [6, 6.07) is 16.5. The number of hydrogen-bond donors (Lipinski definition) is 1. The van der Waals surface area contributed by atoms with Gasteiger partial charge in [0, 0.05) is 52.3 Å². The molecule has 0 spiro atoms. The van der Waals surface area contributed by atoms with E-state index >= 15 is 0 Å². The molecule has 0 radical (unpaired) electrons. The van der Waals surface area contributed by atoms with E-state index < -0.39 is 12.1 Å². The summed E-state index contributed by atoms with van der Waals surface area (Å²) in [7, 11) is 0. The number of Topliss-reactive ketones (excluding diaryl/α,β-unsaturated/α-hetero) is 1. The average Bonchev–Trinajstić information content (AvgIpc) is 3.36. The van der Waals surface area contributed by atoms with Crippen LogP contribution in [0, 0.1) is 6.92 Å². The Morgan fingerprint density at radius 2 is 1.84 bits per heavy atom. The second-order valence-corrected chi connectivity index (χ2v) is 8.11. The molecule has 31 heavy (non-hydrogen) atoms. The average molecular weight is 435 g/mol. The second kappa shape index (κ2) is 9.14. The summed E-state index contributed by atoms with van der Waals surface area (Å²) in [5.74, 6) is -0.745. The van der Waals surface area contributed by atoms with Crippen LogP contribution in [0.15, 0.2) is 71.0 Å². The fourth-order valence-electron chi connectivity index (χ4n) is 3.56. The maximum atomic E-state index is 13.4. The van der Waals surface area contributed by atoms with Crippen LogP contribution in [0.4, 0.5) is 0 Å². The molecule has 2 aromatic heterocycles. The van der Waals surface area contributed by atoms with E-state index in [-0.39, 0.29) is 17.1 Å². The Morgan fingerprint density at radius 3 is 2.58 bits per heavy atom. The number of thiazole rings is 1. The van der Waals surface area contributed by atoms with Gasteiger partial charge in [-0.2, -0.15) is 0 Å². The Balaban J connectivity index is 1.51. The van der Waals surface area contributed by atoms with Crippen LogP contribution in [0.25, 0.3) is 10.9 Å². The molecule has 0 unspecified atom stereocenters. The van der Waals surface area contributed by atoms with Gasteiger partial charge in [-0.3, -0.25) is 14.4 Å². The number of ketones is 1. The number of ether oxygens (including phenoxy) is 1. The number of rotatable bonds is 8. The molecule has 1 atom stereocenters. The molecule has 2 heterocycles. The van der Waals surface area contributed by atoms with Crippen molar-refractivity contribution in [1.29, 1.82) is 0 Å². The van der Waals surface area contributed by atoms with Gasteiger partial charge in [0.1, 0.15) is 0 Å². The number of nitrogens with one attached hydrogen (secondary N) is 1. The highest BCUT2D eigenvalue weighted by molar-refractivity contribution is 7.07. The predicted octanol–water partition coefficient (Wildman–Crippen LogP) is 4.65. The number of fused-ring (bicyclic) bond motifs is 1. The number of hydrogen-bond acceptors (Lipinski definition) is 5. The third-order valence-electron chi connectivity index (χ3n) is 5.18. The molecule has 6 nitrogen and oxygen atoms in total. The maximum absolute atomic E-state index is 13.4. The molecule has 2 aromatic carbocycles. The zero-order chi connectivity index (χ0) is 21.8. The summed E-state index contributed by atoms with van der Waals surface area (Å²) in [5, 5.41) is 2.59. The Labute approximate surface area is 183 Å². The number of para-hydroxylation sites is 1. The van der Waals surface area contributed by atoms with Crippen molar-refractivity contribution >= 4 is 34.0 Å². The second-order valence-electron chi connectivity index (χ2n) is 7.29. The summed E-state index contributed by atoms with van der Waals surface area (Å²) < 4.78 is 7.31. The molecule has 4 rings (SSSR count). The lowest BCUT2D eigenvalue weighted by Crippen LogP contribution is -2.21. The first-order valence-corrected chi connectivity index (χ1v) is 10.9. The Hall–Kier alpha value is -3.45. The molecule has 0 saturated carbocycles. The molecule has 0 aliphatic heterocycles. The van der Waals surface area contributed by atoms with Crippen molar-refractivity contribution in [2.75, 3.05) is 0 Å². The van der Waals surface area contributed by atoms with Gasteiger partial charge in [0.25, 0.3) is 0 Å². The molecule has 0 aliphatic carbocycles. The smallest absolute Gasteiger partial charge is 0.307 e. The van der Waals surface area contributed by atoms with Gasteiger partial charge in [0.05, 0.1) is 0 Å². The molecule has 0 saturated heterocycles. The van der Waals surface area contributed by atoms with Crippen LogP contribution in [-0.2, 0) is 16.1 Å². The number of esters is 1. The van der Waals surface area contributed by atoms with Crippen LogP contribution < -0.4 is 4.87 Å². The lowest BCUT2D eigenvalue weighted by Gasteiger charge is -2.17. The summed E-state index contributed by atoms with van der Waals surface area (Å²) in [4.78, 5) is 40.8. The highest BCUT2D eigenvalue weighted by Crippen LogP contribution is 2.27. The first-order valence-electron chi connectivity index (χ1n) is 10.0. The predicted molar refractivity (Wildman–Crippen MR) is 120 cm³/mol. The molecular weight excluding hydrogens is 412 g/mol. The van der Waals surface area contributed by atoms with Gasteiger partial charge in [-0.25, -0.2) is 0 Å². The van der Waals surface area contributed by atoms with Gasteiger partial charge in [0.15, 0.2) is 6.10 Å². The van der Waals surface area contributed by atoms with E-state index in [1.165, 1.54) is 0 Å². The van der Waals surface area contributed by atoms with Gasteiger partial charge in [-0.1, -0.05) is 59.9 Å².